The third-order valence-electron chi connectivity index (χ3n) is 5.32. The minimum atomic E-state index is 0.243. The van der Waals surface area contributed by atoms with Gasteiger partial charge in [-0.1, -0.05) is 37.3 Å². The minimum Gasteiger partial charge on any atom is -0.329 e. The summed E-state index contributed by atoms with van der Waals surface area (Å²) in [6.07, 6.45) is 3.88. The first-order valence-corrected chi connectivity index (χ1v) is 8.93. The first-order valence-electron chi connectivity index (χ1n) is 7.88. The highest BCUT2D eigenvalue weighted by atomic mass is 32.2. The van der Waals surface area contributed by atoms with E-state index in [-0.39, 0.29) is 5.54 Å². The molecule has 3 atom stereocenters. The van der Waals surface area contributed by atoms with Gasteiger partial charge in [0, 0.05) is 23.9 Å². The maximum absolute atomic E-state index is 6.24. The number of benzene rings is 1. The molecule has 2 N–H and O–H groups in total. The molecule has 1 aromatic carbocycles. The number of hydrogen-bond donors (Lipinski definition) is 1. The van der Waals surface area contributed by atoms with E-state index in [0.29, 0.717) is 11.2 Å². The normalized spacial score (nSPS) is 35.3. The highest BCUT2D eigenvalue weighted by Gasteiger charge is 2.45. The van der Waals surface area contributed by atoms with Crippen molar-refractivity contribution in [2.24, 2.45) is 5.73 Å². The minimum absolute atomic E-state index is 0.243. The van der Waals surface area contributed by atoms with E-state index in [1.807, 2.05) is 0 Å². The van der Waals surface area contributed by atoms with Gasteiger partial charge < -0.3 is 5.73 Å². The molecular weight excluding hydrogens is 264 g/mol. The van der Waals surface area contributed by atoms with E-state index in [0.717, 1.165) is 6.54 Å². The second-order valence-electron chi connectivity index (χ2n) is 6.27. The zero-order valence-corrected chi connectivity index (χ0v) is 13.2. The molecule has 0 radical (unpaired) electrons. The fourth-order valence-corrected chi connectivity index (χ4v) is 5.31. The summed E-state index contributed by atoms with van der Waals surface area (Å²) >= 11 is 2.11. The van der Waals surface area contributed by atoms with Crippen LogP contribution in [-0.4, -0.2) is 41.1 Å². The monoisotopic (exact) mass is 290 g/mol. The summed E-state index contributed by atoms with van der Waals surface area (Å²) in [6.45, 7) is 5.59. The van der Waals surface area contributed by atoms with Crippen LogP contribution in [0.15, 0.2) is 30.3 Å². The summed E-state index contributed by atoms with van der Waals surface area (Å²) in [6, 6.07) is 11.0. The van der Waals surface area contributed by atoms with Crippen molar-refractivity contribution in [2.45, 2.75) is 42.9 Å². The van der Waals surface area contributed by atoms with Gasteiger partial charge in [0.25, 0.3) is 0 Å². The van der Waals surface area contributed by atoms with Crippen molar-refractivity contribution < 1.29 is 0 Å². The Bertz CT molecular complexity index is 436. The lowest BCUT2D eigenvalue weighted by Gasteiger charge is -2.48. The van der Waals surface area contributed by atoms with Gasteiger partial charge in [0.1, 0.15) is 0 Å². The Morgan fingerprint density at radius 2 is 2.15 bits per heavy atom. The van der Waals surface area contributed by atoms with E-state index in [4.69, 9.17) is 5.73 Å². The average molecular weight is 290 g/mol. The number of rotatable bonds is 3. The number of thioether (sulfide) groups is 1. The van der Waals surface area contributed by atoms with E-state index >= 15 is 0 Å². The van der Waals surface area contributed by atoms with Gasteiger partial charge >= 0.3 is 0 Å². The molecule has 1 aromatic rings. The van der Waals surface area contributed by atoms with Gasteiger partial charge in [0.2, 0.25) is 0 Å². The number of likely N-dealkylation sites (tertiary alicyclic amines) is 1. The fraction of sp³-hybridized carbons (Fsp3) is 0.647. The third kappa shape index (κ3) is 2.51. The van der Waals surface area contributed by atoms with Crippen LogP contribution in [-0.2, 0) is 0 Å². The van der Waals surface area contributed by atoms with Crippen molar-refractivity contribution in [3.63, 3.8) is 0 Å². The maximum atomic E-state index is 6.24. The summed E-state index contributed by atoms with van der Waals surface area (Å²) in [5, 5.41) is 0.663. The topological polar surface area (TPSA) is 29.3 Å². The largest absolute Gasteiger partial charge is 0.329 e. The molecule has 2 heterocycles. The maximum Gasteiger partial charge on any atom is 0.0447 e. The van der Waals surface area contributed by atoms with E-state index in [1.54, 1.807) is 0 Å². The zero-order valence-electron chi connectivity index (χ0n) is 12.4. The first-order chi connectivity index (χ1) is 9.76. The Kier molecular flexibility index (Phi) is 4.39. The number of hydrogen-bond acceptors (Lipinski definition) is 3. The van der Waals surface area contributed by atoms with Gasteiger partial charge in [0.15, 0.2) is 0 Å². The van der Waals surface area contributed by atoms with Crippen LogP contribution in [0.5, 0.6) is 0 Å². The molecule has 3 rings (SSSR count). The Hall–Kier alpha value is -0.510. The van der Waals surface area contributed by atoms with Crippen molar-refractivity contribution in [1.82, 2.24) is 4.90 Å². The Morgan fingerprint density at radius 1 is 1.35 bits per heavy atom. The Balaban J connectivity index is 1.75. The molecule has 2 aliphatic heterocycles. The van der Waals surface area contributed by atoms with E-state index in [1.165, 1.54) is 43.7 Å². The molecule has 2 aliphatic rings. The molecule has 0 saturated carbocycles. The molecule has 0 aliphatic carbocycles. The van der Waals surface area contributed by atoms with Gasteiger partial charge in [-0.15, -0.1) is 0 Å². The highest BCUT2D eigenvalue weighted by Crippen LogP contribution is 2.41. The quantitative estimate of drug-likeness (QED) is 0.927. The van der Waals surface area contributed by atoms with Crippen molar-refractivity contribution in [1.29, 1.82) is 0 Å². The van der Waals surface area contributed by atoms with Crippen molar-refractivity contribution in [3.8, 4) is 0 Å². The fourth-order valence-electron chi connectivity index (χ4n) is 3.97. The van der Waals surface area contributed by atoms with Gasteiger partial charge in [-0.25, -0.2) is 0 Å². The summed E-state index contributed by atoms with van der Waals surface area (Å²) in [4.78, 5) is 2.71. The average Bonchev–Trinajstić information content (AvgIpc) is 2.99. The lowest BCUT2D eigenvalue weighted by Crippen LogP contribution is -2.60. The highest BCUT2D eigenvalue weighted by molar-refractivity contribution is 8.00. The first kappa shape index (κ1) is 14.4. The summed E-state index contributed by atoms with van der Waals surface area (Å²) < 4.78 is 0. The molecule has 3 heteroatoms. The van der Waals surface area contributed by atoms with Crippen LogP contribution < -0.4 is 5.73 Å². The number of nitrogens with two attached hydrogens (primary N) is 1. The lowest BCUT2D eigenvalue weighted by molar-refractivity contribution is 0.108. The predicted molar refractivity (Wildman–Crippen MR) is 88.3 cm³/mol. The van der Waals surface area contributed by atoms with E-state index < -0.39 is 0 Å². The van der Waals surface area contributed by atoms with Crippen molar-refractivity contribution >= 4 is 11.8 Å². The third-order valence-corrected chi connectivity index (χ3v) is 6.78. The van der Waals surface area contributed by atoms with Crippen molar-refractivity contribution in [2.75, 3.05) is 25.4 Å². The van der Waals surface area contributed by atoms with Crippen LogP contribution >= 0.6 is 11.8 Å². The Morgan fingerprint density at radius 3 is 2.85 bits per heavy atom. The molecule has 0 bridgehead atoms. The van der Waals surface area contributed by atoms with Crippen LogP contribution in [0, 0.1) is 0 Å². The molecule has 0 amide bonds. The molecule has 2 fully saturated rings. The zero-order chi connectivity index (χ0) is 14.0. The summed E-state index contributed by atoms with van der Waals surface area (Å²) in [5.41, 5.74) is 7.98. The molecule has 110 valence electrons. The molecule has 3 unspecified atom stereocenters. The van der Waals surface area contributed by atoms with Gasteiger partial charge in [-0.05, 0) is 43.0 Å². The van der Waals surface area contributed by atoms with Crippen LogP contribution in [0.3, 0.4) is 0 Å². The van der Waals surface area contributed by atoms with Gasteiger partial charge in [-0.2, -0.15) is 11.8 Å². The standard InChI is InChI=1S/C17H26N2S/c1-14-17(13-18,9-5-11-20-14)19-10-8-16(12-19)15-6-3-2-4-7-15/h2-4,6-7,14,16H,5,8-13,18H2,1H3. The van der Waals surface area contributed by atoms with Crippen LogP contribution in [0.2, 0.25) is 0 Å². The molecule has 2 saturated heterocycles. The lowest BCUT2D eigenvalue weighted by atomic mass is 9.87. The molecular formula is C17H26N2S. The van der Waals surface area contributed by atoms with Gasteiger partial charge in [-0.3, -0.25) is 4.90 Å². The van der Waals surface area contributed by atoms with Crippen LogP contribution in [0.1, 0.15) is 37.7 Å². The number of nitrogens with zero attached hydrogens (tertiary/aromatic N) is 1. The second kappa shape index (κ2) is 6.08. The van der Waals surface area contributed by atoms with Crippen LogP contribution in [0.4, 0.5) is 0 Å². The van der Waals surface area contributed by atoms with E-state index in [2.05, 4.69) is 53.9 Å². The van der Waals surface area contributed by atoms with Crippen LogP contribution in [0.25, 0.3) is 0 Å². The smallest absolute Gasteiger partial charge is 0.0447 e. The van der Waals surface area contributed by atoms with Crippen molar-refractivity contribution in [3.05, 3.63) is 35.9 Å². The molecule has 0 aromatic heterocycles. The Labute approximate surface area is 127 Å². The summed E-state index contributed by atoms with van der Waals surface area (Å²) in [5.74, 6) is 2.00. The molecule has 0 spiro atoms. The second-order valence-corrected chi connectivity index (χ2v) is 7.72. The molecule has 20 heavy (non-hydrogen) atoms. The summed E-state index contributed by atoms with van der Waals surface area (Å²) in [7, 11) is 0. The predicted octanol–water partition coefficient (Wildman–Crippen LogP) is 3.09. The van der Waals surface area contributed by atoms with Gasteiger partial charge in [0.05, 0.1) is 0 Å². The molecule has 2 nitrogen and oxygen atoms in total. The SMILES string of the molecule is CC1SCCCC1(CN)N1CCC(c2ccccc2)C1. The van der Waals surface area contributed by atoms with E-state index in [9.17, 15) is 0 Å².